The van der Waals surface area contributed by atoms with Gasteiger partial charge in [-0.1, -0.05) is 11.6 Å². The van der Waals surface area contributed by atoms with Gasteiger partial charge >= 0.3 is 0 Å². The lowest BCUT2D eigenvalue weighted by atomic mass is 9.72. The predicted molar refractivity (Wildman–Crippen MR) is 91.8 cm³/mol. The highest BCUT2D eigenvalue weighted by molar-refractivity contribution is 5.49. The Kier molecular flexibility index (Phi) is 8.52. The van der Waals surface area contributed by atoms with Crippen molar-refractivity contribution in [2.45, 2.75) is 64.2 Å². The summed E-state index contributed by atoms with van der Waals surface area (Å²) >= 11 is 0. The quantitative estimate of drug-likeness (QED) is 0.573. The molecule has 0 aliphatic heterocycles. The Morgan fingerprint density at radius 2 is 1.12 bits per heavy atom. The van der Waals surface area contributed by atoms with Crippen molar-refractivity contribution < 1.29 is 0 Å². The number of nitriles is 5. The van der Waals surface area contributed by atoms with Crippen molar-refractivity contribution in [2.75, 3.05) is 0 Å². The predicted octanol–water partition coefficient (Wildman–Crippen LogP) is 4.73. The largest absolute Gasteiger partial charge is 0.198 e. The van der Waals surface area contributed by atoms with Gasteiger partial charge in [-0.3, -0.25) is 0 Å². The number of hydrogen-bond donors (Lipinski definition) is 0. The van der Waals surface area contributed by atoms with Gasteiger partial charge in [0.05, 0.1) is 30.3 Å². The SMILES string of the molecule is N#CCCC1=CC(CCC#N)(CCC#N)C(CCC#N)=C1CCC#N. The van der Waals surface area contributed by atoms with Gasteiger partial charge < -0.3 is 0 Å². The Morgan fingerprint density at radius 1 is 0.640 bits per heavy atom. The van der Waals surface area contributed by atoms with E-state index in [0.29, 0.717) is 64.2 Å². The first-order valence-electron chi connectivity index (χ1n) is 8.48. The topological polar surface area (TPSA) is 119 Å². The summed E-state index contributed by atoms with van der Waals surface area (Å²) in [4.78, 5) is 0. The Hall–Kier alpha value is -3.07. The van der Waals surface area contributed by atoms with E-state index in [-0.39, 0.29) is 0 Å². The summed E-state index contributed by atoms with van der Waals surface area (Å²) in [5.41, 5.74) is 2.84. The molecular formula is C20H21N5. The van der Waals surface area contributed by atoms with E-state index in [2.05, 4.69) is 36.4 Å². The van der Waals surface area contributed by atoms with E-state index in [1.165, 1.54) is 0 Å². The van der Waals surface area contributed by atoms with Crippen LogP contribution in [0, 0.1) is 62.1 Å². The van der Waals surface area contributed by atoms with Crippen LogP contribution in [0.5, 0.6) is 0 Å². The third-order valence-electron chi connectivity index (χ3n) is 4.65. The van der Waals surface area contributed by atoms with Gasteiger partial charge in [-0.25, -0.2) is 0 Å². The molecule has 0 aromatic heterocycles. The first-order valence-corrected chi connectivity index (χ1v) is 8.48. The van der Waals surface area contributed by atoms with Gasteiger partial charge in [0, 0.05) is 37.5 Å². The molecule has 0 saturated carbocycles. The van der Waals surface area contributed by atoms with Crippen molar-refractivity contribution >= 4 is 0 Å². The molecule has 1 aliphatic rings. The molecule has 0 N–H and O–H groups in total. The maximum Gasteiger partial charge on any atom is 0.0625 e. The van der Waals surface area contributed by atoms with Crippen molar-refractivity contribution in [2.24, 2.45) is 5.41 Å². The Bertz CT molecular complexity index is 719. The molecule has 0 unspecified atom stereocenters. The van der Waals surface area contributed by atoms with E-state index in [1.54, 1.807) is 0 Å². The molecule has 25 heavy (non-hydrogen) atoms. The van der Waals surface area contributed by atoms with Crippen LogP contribution in [0.4, 0.5) is 0 Å². The number of nitrogens with zero attached hydrogens (tertiary/aromatic N) is 5. The fourth-order valence-electron chi connectivity index (χ4n) is 3.62. The minimum absolute atomic E-state index is 0.367. The fraction of sp³-hybridized carbons (Fsp3) is 0.550. The average molecular weight is 331 g/mol. The summed E-state index contributed by atoms with van der Waals surface area (Å²) in [5, 5.41) is 45.1. The molecule has 0 amide bonds. The third-order valence-corrected chi connectivity index (χ3v) is 4.65. The third kappa shape index (κ3) is 5.21. The van der Waals surface area contributed by atoms with Crippen LogP contribution in [0.2, 0.25) is 0 Å². The van der Waals surface area contributed by atoms with Crippen molar-refractivity contribution in [1.29, 1.82) is 26.3 Å². The maximum atomic E-state index is 9.05. The van der Waals surface area contributed by atoms with Crippen LogP contribution >= 0.6 is 0 Å². The molecule has 0 aromatic carbocycles. The molecule has 0 atom stereocenters. The minimum atomic E-state index is -0.391. The molecule has 0 saturated heterocycles. The molecule has 0 bridgehead atoms. The highest BCUT2D eigenvalue weighted by Crippen LogP contribution is 2.51. The molecular weight excluding hydrogens is 310 g/mol. The lowest BCUT2D eigenvalue weighted by Gasteiger charge is -2.30. The van der Waals surface area contributed by atoms with E-state index >= 15 is 0 Å². The van der Waals surface area contributed by atoms with Crippen LogP contribution in [0.1, 0.15) is 64.2 Å². The van der Waals surface area contributed by atoms with Crippen molar-refractivity contribution in [3.8, 4) is 30.3 Å². The summed E-state index contributed by atoms with van der Waals surface area (Å²) in [5.74, 6) is 0. The van der Waals surface area contributed by atoms with Gasteiger partial charge in [0.15, 0.2) is 0 Å². The fourth-order valence-corrected chi connectivity index (χ4v) is 3.62. The molecule has 5 nitrogen and oxygen atoms in total. The molecule has 0 heterocycles. The molecule has 1 rings (SSSR count). The minimum Gasteiger partial charge on any atom is -0.198 e. The summed E-state index contributed by atoms with van der Waals surface area (Å²) < 4.78 is 0. The normalized spacial score (nSPS) is 14.6. The lowest BCUT2D eigenvalue weighted by Crippen LogP contribution is -2.20. The Labute approximate surface area is 149 Å². The number of rotatable bonds is 10. The van der Waals surface area contributed by atoms with Gasteiger partial charge in [0.25, 0.3) is 0 Å². The lowest BCUT2D eigenvalue weighted by molar-refractivity contribution is 0.390. The van der Waals surface area contributed by atoms with Crippen molar-refractivity contribution in [1.82, 2.24) is 0 Å². The van der Waals surface area contributed by atoms with Crippen LogP contribution in [-0.4, -0.2) is 0 Å². The van der Waals surface area contributed by atoms with E-state index in [0.717, 1.165) is 16.7 Å². The summed E-state index contributed by atoms with van der Waals surface area (Å²) in [7, 11) is 0. The molecule has 0 fully saturated rings. The zero-order valence-electron chi connectivity index (χ0n) is 14.4. The van der Waals surface area contributed by atoms with Crippen molar-refractivity contribution in [3.63, 3.8) is 0 Å². The molecule has 0 radical (unpaired) electrons. The molecule has 0 spiro atoms. The average Bonchev–Trinajstić information content (AvgIpc) is 2.92. The van der Waals surface area contributed by atoms with Crippen LogP contribution in [-0.2, 0) is 0 Å². The number of hydrogen-bond acceptors (Lipinski definition) is 5. The molecule has 1 aliphatic carbocycles. The van der Waals surface area contributed by atoms with Crippen LogP contribution in [0.15, 0.2) is 22.8 Å². The van der Waals surface area contributed by atoms with Gasteiger partial charge in [0.2, 0.25) is 0 Å². The smallest absolute Gasteiger partial charge is 0.0625 e. The Balaban J connectivity index is 3.38. The number of allylic oxidation sites excluding steroid dienone is 4. The van der Waals surface area contributed by atoms with Gasteiger partial charge in [-0.15, -0.1) is 0 Å². The summed E-state index contributed by atoms with van der Waals surface area (Å²) in [6.45, 7) is 0. The zero-order valence-corrected chi connectivity index (χ0v) is 14.4. The van der Waals surface area contributed by atoms with E-state index in [4.69, 9.17) is 26.3 Å². The van der Waals surface area contributed by atoms with Gasteiger partial charge in [0.1, 0.15) is 0 Å². The monoisotopic (exact) mass is 331 g/mol. The molecule has 0 aromatic rings. The first kappa shape index (κ1) is 20.0. The summed E-state index contributed by atoms with van der Waals surface area (Å²) in [6, 6.07) is 10.9. The summed E-state index contributed by atoms with van der Waals surface area (Å²) in [6.07, 6.45) is 7.00. The second-order valence-electron chi connectivity index (χ2n) is 6.07. The maximum absolute atomic E-state index is 9.05. The zero-order chi connectivity index (χ0) is 18.5. The van der Waals surface area contributed by atoms with E-state index in [9.17, 15) is 0 Å². The van der Waals surface area contributed by atoms with Gasteiger partial charge in [-0.2, -0.15) is 26.3 Å². The molecule has 5 heteroatoms. The highest BCUT2D eigenvalue weighted by Gasteiger charge is 2.38. The second kappa shape index (κ2) is 10.7. The van der Waals surface area contributed by atoms with Crippen LogP contribution in [0.3, 0.4) is 0 Å². The second-order valence-corrected chi connectivity index (χ2v) is 6.07. The standard InChI is InChI=1S/C20H21N5/c21-11-1-6-17-16-20(9-4-14-24,10-5-15-25)19(8-3-13-23)18(17)7-2-12-22/h16H,1-10H2. The van der Waals surface area contributed by atoms with Crippen LogP contribution < -0.4 is 0 Å². The molecule has 126 valence electrons. The van der Waals surface area contributed by atoms with Crippen LogP contribution in [0.25, 0.3) is 0 Å². The Morgan fingerprint density at radius 3 is 1.64 bits per heavy atom. The van der Waals surface area contributed by atoms with Crippen molar-refractivity contribution in [3.05, 3.63) is 22.8 Å². The van der Waals surface area contributed by atoms with Gasteiger partial charge in [-0.05, 0) is 43.3 Å². The van der Waals surface area contributed by atoms with E-state index < -0.39 is 5.41 Å². The first-order chi connectivity index (χ1) is 12.2. The highest BCUT2D eigenvalue weighted by atomic mass is 14.4. The van der Waals surface area contributed by atoms with E-state index in [1.807, 2.05) is 0 Å².